The molecule has 0 aliphatic rings. The number of halogens is 1. The van der Waals surface area contributed by atoms with Crippen molar-refractivity contribution in [2.24, 2.45) is 0 Å². The summed E-state index contributed by atoms with van der Waals surface area (Å²) in [4.78, 5) is 4.59. The smallest absolute Gasteiger partial charge is 0.128 e. The monoisotopic (exact) mass is 266 g/mol. The molecule has 2 aromatic carbocycles. The van der Waals surface area contributed by atoms with Gasteiger partial charge in [-0.2, -0.15) is 0 Å². The summed E-state index contributed by atoms with van der Waals surface area (Å²) in [5.41, 5.74) is 10.8. The summed E-state index contributed by atoms with van der Waals surface area (Å²) in [7, 11) is 0. The lowest BCUT2D eigenvalue weighted by Crippen LogP contribution is -1.99. The normalized spacial score (nSPS) is 10.9. The second kappa shape index (κ2) is 4.60. The van der Waals surface area contributed by atoms with Gasteiger partial charge in [0.1, 0.15) is 5.82 Å². The number of nitrogens with two attached hydrogens (primary N) is 1. The zero-order valence-corrected chi connectivity index (χ0v) is 11.4. The molecule has 0 radical (unpaired) electrons. The summed E-state index contributed by atoms with van der Waals surface area (Å²) in [5.74, 6) is -0.257. The summed E-state index contributed by atoms with van der Waals surface area (Å²) in [6, 6.07) is 13.0. The standard InChI is InChI=1S/C17H15FN2/c1-10-8-13-15(9-14(10)18)20-17(11(2)16(13)19)12-6-4-3-5-7-12/h3-9H,1-2H3,(H2,19,20). The minimum absolute atomic E-state index is 0.257. The van der Waals surface area contributed by atoms with E-state index >= 15 is 0 Å². The van der Waals surface area contributed by atoms with Crippen LogP contribution in [-0.4, -0.2) is 4.98 Å². The predicted octanol–water partition coefficient (Wildman–Crippen LogP) is 4.24. The number of rotatable bonds is 1. The molecule has 1 aromatic heterocycles. The molecule has 3 heteroatoms. The van der Waals surface area contributed by atoms with Crippen molar-refractivity contribution in [3.05, 3.63) is 59.4 Å². The van der Waals surface area contributed by atoms with Crippen LogP contribution in [-0.2, 0) is 0 Å². The largest absolute Gasteiger partial charge is 0.398 e. The highest BCUT2D eigenvalue weighted by Gasteiger charge is 2.12. The van der Waals surface area contributed by atoms with Gasteiger partial charge >= 0.3 is 0 Å². The number of aryl methyl sites for hydroxylation is 1. The number of nitrogens with zero attached hydrogens (tertiary/aromatic N) is 1. The number of anilines is 1. The Morgan fingerprint density at radius 3 is 2.45 bits per heavy atom. The highest BCUT2D eigenvalue weighted by molar-refractivity contribution is 5.95. The Kier molecular flexibility index (Phi) is 2.90. The van der Waals surface area contributed by atoms with Gasteiger partial charge in [-0.1, -0.05) is 30.3 Å². The minimum atomic E-state index is -0.257. The molecule has 0 fully saturated rings. The topological polar surface area (TPSA) is 38.9 Å². The van der Waals surface area contributed by atoms with E-state index in [1.54, 1.807) is 13.0 Å². The maximum Gasteiger partial charge on any atom is 0.128 e. The van der Waals surface area contributed by atoms with Crippen molar-refractivity contribution >= 4 is 16.6 Å². The maximum absolute atomic E-state index is 13.7. The van der Waals surface area contributed by atoms with Gasteiger partial charge in [-0.15, -0.1) is 0 Å². The van der Waals surface area contributed by atoms with Crippen molar-refractivity contribution in [1.29, 1.82) is 0 Å². The molecule has 0 saturated carbocycles. The fraction of sp³-hybridized carbons (Fsp3) is 0.118. The first-order chi connectivity index (χ1) is 9.58. The van der Waals surface area contributed by atoms with Crippen LogP contribution in [0, 0.1) is 19.7 Å². The molecule has 1 heterocycles. The fourth-order valence-electron chi connectivity index (χ4n) is 2.39. The van der Waals surface area contributed by atoms with Crippen LogP contribution in [0.25, 0.3) is 22.2 Å². The first-order valence-corrected chi connectivity index (χ1v) is 6.49. The van der Waals surface area contributed by atoms with Gasteiger partial charge in [-0.05, 0) is 31.0 Å². The Hall–Kier alpha value is -2.42. The number of nitrogen functional groups attached to an aromatic ring is 1. The second-order valence-electron chi connectivity index (χ2n) is 4.98. The summed E-state index contributed by atoms with van der Waals surface area (Å²) < 4.78 is 13.7. The van der Waals surface area contributed by atoms with Crippen LogP contribution < -0.4 is 5.73 Å². The number of hydrogen-bond acceptors (Lipinski definition) is 2. The lowest BCUT2D eigenvalue weighted by Gasteiger charge is -2.12. The van der Waals surface area contributed by atoms with Crippen molar-refractivity contribution in [3.8, 4) is 11.3 Å². The molecule has 2 N–H and O–H groups in total. The Bertz CT molecular complexity index is 795. The Morgan fingerprint density at radius 2 is 1.75 bits per heavy atom. The molecule has 0 spiro atoms. The molecule has 0 amide bonds. The number of benzene rings is 2. The summed E-state index contributed by atoms with van der Waals surface area (Å²) >= 11 is 0. The molecule has 0 unspecified atom stereocenters. The molecular formula is C17H15FN2. The van der Waals surface area contributed by atoms with Crippen LogP contribution in [0.4, 0.5) is 10.1 Å². The highest BCUT2D eigenvalue weighted by atomic mass is 19.1. The average Bonchev–Trinajstić information content (AvgIpc) is 2.46. The van der Waals surface area contributed by atoms with Crippen molar-refractivity contribution in [1.82, 2.24) is 4.98 Å². The van der Waals surface area contributed by atoms with E-state index in [2.05, 4.69) is 4.98 Å². The van der Waals surface area contributed by atoms with Gasteiger partial charge in [0.15, 0.2) is 0 Å². The SMILES string of the molecule is Cc1cc2c(N)c(C)c(-c3ccccc3)nc2cc1F. The molecule has 3 rings (SSSR count). The molecule has 0 atom stereocenters. The average molecular weight is 266 g/mol. The number of aromatic nitrogens is 1. The van der Waals surface area contributed by atoms with Gasteiger partial charge in [0.2, 0.25) is 0 Å². The predicted molar refractivity (Wildman–Crippen MR) is 81.0 cm³/mol. The number of fused-ring (bicyclic) bond motifs is 1. The highest BCUT2D eigenvalue weighted by Crippen LogP contribution is 2.32. The first-order valence-electron chi connectivity index (χ1n) is 6.49. The van der Waals surface area contributed by atoms with E-state index in [-0.39, 0.29) is 5.82 Å². The molecule has 100 valence electrons. The molecule has 2 nitrogen and oxygen atoms in total. The van der Waals surface area contributed by atoms with E-state index in [9.17, 15) is 4.39 Å². The Labute approximate surface area is 117 Å². The van der Waals surface area contributed by atoms with E-state index in [1.165, 1.54) is 6.07 Å². The van der Waals surface area contributed by atoms with Crippen molar-refractivity contribution in [2.75, 3.05) is 5.73 Å². The van der Waals surface area contributed by atoms with Crippen molar-refractivity contribution < 1.29 is 4.39 Å². The lowest BCUT2D eigenvalue weighted by atomic mass is 10.0. The Balaban J connectivity index is 2.36. The van der Waals surface area contributed by atoms with Gasteiger partial charge in [0.05, 0.1) is 11.2 Å². The summed E-state index contributed by atoms with van der Waals surface area (Å²) in [6.07, 6.45) is 0. The van der Waals surface area contributed by atoms with E-state index in [0.29, 0.717) is 16.8 Å². The van der Waals surface area contributed by atoms with Crippen LogP contribution in [0.1, 0.15) is 11.1 Å². The van der Waals surface area contributed by atoms with Gasteiger partial charge in [0.25, 0.3) is 0 Å². The molecule has 0 bridgehead atoms. The molecule has 0 aliphatic heterocycles. The van der Waals surface area contributed by atoms with E-state index in [1.807, 2.05) is 37.3 Å². The zero-order valence-electron chi connectivity index (χ0n) is 11.4. The lowest BCUT2D eigenvalue weighted by molar-refractivity contribution is 0.620. The van der Waals surface area contributed by atoms with Gasteiger partial charge in [0, 0.05) is 22.7 Å². The maximum atomic E-state index is 13.7. The van der Waals surface area contributed by atoms with Crippen molar-refractivity contribution in [3.63, 3.8) is 0 Å². The van der Waals surface area contributed by atoms with Gasteiger partial charge in [-0.25, -0.2) is 9.37 Å². The van der Waals surface area contributed by atoms with E-state index < -0.39 is 0 Å². The van der Waals surface area contributed by atoms with E-state index in [4.69, 9.17) is 5.73 Å². The molecule has 3 aromatic rings. The van der Waals surface area contributed by atoms with E-state index in [0.717, 1.165) is 22.2 Å². The third kappa shape index (κ3) is 1.92. The number of pyridine rings is 1. The third-order valence-corrected chi connectivity index (χ3v) is 3.61. The van der Waals surface area contributed by atoms with Crippen LogP contribution in [0.3, 0.4) is 0 Å². The summed E-state index contributed by atoms with van der Waals surface area (Å²) in [5, 5.41) is 0.807. The second-order valence-corrected chi connectivity index (χ2v) is 4.98. The fourth-order valence-corrected chi connectivity index (χ4v) is 2.39. The molecule has 0 aliphatic carbocycles. The van der Waals surface area contributed by atoms with Crippen LogP contribution in [0.5, 0.6) is 0 Å². The van der Waals surface area contributed by atoms with Crippen LogP contribution >= 0.6 is 0 Å². The minimum Gasteiger partial charge on any atom is -0.398 e. The summed E-state index contributed by atoms with van der Waals surface area (Å²) in [6.45, 7) is 3.68. The Morgan fingerprint density at radius 1 is 1.05 bits per heavy atom. The molecule has 20 heavy (non-hydrogen) atoms. The number of hydrogen-bond donors (Lipinski definition) is 1. The van der Waals surface area contributed by atoms with Crippen molar-refractivity contribution in [2.45, 2.75) is 13.8 Å². The molecule has 0 saturated heterocycles. The first kappa shape index (κ1) is 12.6. The van der Waals surface area contributed by atoms with Gasteiger partial charge in [-0.3, -0.25) is 0 Å². The van der Waals surface area contributed by atoms with Crippen LogP contribution in [0.2, 0.25) is 0 Å². The third-order valence-electron chi connectivity index (χ3n) is 3.61. The van der Waals surface area contributed by atoms with Gasteiger partial charge < -0.3 is 5.73 Å². The van der Waals surface area contributed by atoms with Crippen LogP contribution in [0.15, 0.2) is 42.5 Å². The quantitative estimate of drug-likeness (QED) is 0.715. The molecular weight excluding hydrogens is 251 g/mol. The zero-order chi connectivity index (χ0) is 14.3.